The summed E-state index contributed by atoms with van der Waals surface area (Å²) in [6.45, 7) is 9.16. The molecule has 0 spiro atoms. The summed E-state index contributed by atoms with van der Waals surface area (Å²) < 4.78 is 5.25. The normalized spacial score (nSPS) is 16.7. The third-order valence-corrected chi connectivity index (χ3v) is 2.80. The van der Waals surface area contributed by atoms with Gasteiger partial charge >= 0.3 is 6.09 Å². The standard InChI is InChI=1S/C15H21NO2/c1-3-5-7-10-14(4-2)13-18-15(17)16-11-8-6-9-12-16/h3-5,7,10H,1-2,6,8-9,11-13H2/b7-5-,14-10+. The molecule has 1 saturated heterocycles. The maximum atomic E-state index is 11.8. The van der Waals surface area contributed by atoms with Crippen molar-refractivity contribution in [2.45, 2.75) is 19.3 Å². The number of nitrogens with zero attached hydrogens (tertiary/aromatic N) is 1. The van der Waals surface area contributed by atoms with E-state index in [1.54, 1.807) is 17.1 Å². The van der Waals surface area contributed by atoms with E-state index in [-0.39, 0.29) is 12.7 Å². The highest BCUT2D eigenvalue weighted by molar-refractivity contribution is 5.68. The van der Waals surface area contributed by atoms with E-state index in [1.807, 2.05) is 18.2 Å². The molecule has 3 nitrogen and oxygen atoms in total. The van der Waals surface area contributed by atoms with E-state index in [9.17, 15) is 4.79 Å². The lowest BCUT2D eigenvalue weighted by Crippen LogP contribution is -2.36. The molecule has 1 fully saturated rings. The zero-order valence-corrected chi connectivity index (χ0v) is 10.8. The third kappa shape index (κ3) is 5.04. The zero-order valence-electron chi connectivity index (χ0n) is 10.8. The van der Waals surface area contributed by atoms with Crippen LogP contribution in [0.5, 0.6) is 0 Å². The number of rotatable bonds is 5. The largest absolute Gasteiger partial charge is 0.445 e. The van der Waals surface area contributed by atoms with Gasteiger partial charge in [-0.15, -0.1) is 0 Å². The Morgan fingerprint density at radius 2 is 1.89 bits per heavy atom. The number of hydrogen-bond acceptors (Lipinski definition) is 2. The van der Waals surface area contributed by atoms with Crippen molar-refractivity contribution in [2.24, 2.45) is 0 Å². The number of carbonyl (C=O) groups excluding carboxylic acids is 1. The van der Waals surface area contributed by atoms with Crippen molar-refractivity contribution in [3.63, 3.8) is 0 Å². The monoisotopic (exact) mass is 247 g/mol. The predicted molar refractivity (Wildman–Crippen MR) is 74.4 cm³/mol. The lowest BCUT2D eigenvalue weighted by atomic mass is 10.1. The van der Waals surface area contributed by atoms with Crippen molar-refractivity contribution < 1.29 is 9.53 Å². The average Bonchev–Trinajstić information content (AvgIpc) is 2.43. The first-order valence-electron chi connectivity index (χ1n) is 6.30. The van der Waals surface area contributed by atoms with E-state index >= 15 is 0 Å². The van der Waals surface area contributed by atoms with Gasteiger partial charge in [0.2, 0.25) is 0 Å². The molecule has 0 N–H and O–H groups in total. The minimum Gasteiger partial charge on any atom is -0.445 e. The first-order chi connectivity index (χ1) is 8.77. The second-order valence-electron chi connectivity index (χ2n) is 4.17. The summed E-state index contributed by atoms with van der Waals surface area (Å²) in [6.07, 6.45) is 12.0. The van der Waals surface area contributed by atoms with Crippen LogP contribution in [0.25, 0.3) is 0 Å². The Balaban J connectivity index is 2.39. The van der Waals surface area contributed by atoms with Crippen molar-refractivity contribution in [3.05, 3.63) is 49.1 Å². The molecule has 0 aromatic carbocycles. The second-order valence-corrected chi connectivity index (χ2v) is 4.17. The van der Waals surface area contributed by atoms with Crippen LogP contribution in [0.1, 0.15) is 19.3 Å². The first kappa shape index (κ1) is 14.3. The Morgan fingerprint density at radius 1 is 1.17 bits per heavy atom. The minimum atomic E-state index is -0.227. The highest BCUT2D eigenvalue weighted by atomic mass is 16.6. The molecule has 3 heteroatoms. The molecule has 0 bridgehead atoms. The predicted octanol–water partition coefficient (Wildman–Crippen LogP) is 3.46. The molecule has 0 radical (unpaired) electrons. The summed E-state index contributed by atoms with van der Waals surface area (Å²) in [5, 5.41) is 0. The maximum absolute atomic E-state index is 11.8. The fourth-order valence-corrected chi connectivity index (χ4v) is 1.75. The Kier molecular flexibility index (Phi) is 6.62. The van der Waals surface area contributed by atoms with Gasteiger partial charge in [0.05, 0.1) is 0 Å². The van der Waals surface area contributed by atoms with Gasteiger partial charge in [0.15, 0.2) is 0 Å². The van der Waals surface area contributed by atoms with Crippen molar-refractivity contribution >= 4 is 6.09 Å². The smallest absolute Gasteiger partial charge is 0.410 e. The Labute approximate surface area is 109 Å². The van der Waals surface area contributed by atoms with Gasteiger partial charge in [0, 0.05) is 13.1 Å². The molecule has 1 aliphatic heterocycles. The van der Waals surface area contributed by atoms with E-state index in [1.165, 1.54) is 6.42 Å². The molecule has 0 aromatic rings. The number of piperidine rings is 1. The molecule has 1 rings (SSSR count). The lowest BCUT2D eigenvalue weighted by molar-refractivity contribution is 0.103. The highest BCUT2D eigenvalue weighted by Gasteiger charge is 2.17. The van der Waals surface area contributed by atoms with Gasteiger partial charge in [-0.25, -0.2) is 4.79 Å². The van der Waals surface area contributed by atoms with Gasteiger partial charge in [0.1, 0.15) is 6.61 Å². The summed E-state index contributed by atoms with van der Waals surface area (Å²) in [4.78, 5) is 13.5. The summed E-state index contributed by atoms with van der Waals surface area (Å²) in [6, 6.07) is 0. The molecular weight excluding hydrogens is 226 g/mol. The van der Waals surface area contributed by atoms with Crippen LogP contribution in [0.2, 0.25) is 0 Å². The van der Waals surface area contributed by atoms with E-state index in [2.05, 4.69) is 13.2 Å². The van der Waals surface area contributed by atoms with Crippen molar-refractivity contribution in [1.29, 1.82) is 0 Å². The number of amides is 1. The average molecular weight is 247 g/mol. The second kappa shape index (κ2) is 8.34. The number of hydrogen-bond donors (Lipinski definition) is 0. The van der Waals surface area contributed by atoms with Crippen LogP contribution in [0.15, 0.2) is 49.1 Å². The van der Waals surface area contributed by atoms with Crippen LogP contribution in [-0.2, 0) is 4.74 Å². The molecule has 1 heterocycles. The van der Waals surface area contributed by atoms with Crippen LogP contribution in [0, 0.1) is 0 Å². The lowest BCUT2D eigenvalue weighted by Gasteiger charge is -2.25. The minimum absolute atomic E-state index is 0.227. The zero-order chi connectivity index (χ0) is 13.2. The van der Waals surface area contributed by atoms with E-state index in [0.29, 0.717) is 0 Å². The molecule has 18 heavy (non-hydrogen) atoms. The number of carbonyl (C=O) groups is 1. The maximum Gasteiger partial charge on any atom is 0.410 e. The summed E-state index contributed by atoms with van der Waals surface area (Å²) >= 11 is 0. The van der Waals surface area contributed by atoms with Gasteiger partial charge in [-0.05, 0) is 24.8 Å². The van der Waals surface area contributed by atoms with Gasteiger partial charge in [0.25, 0.3) is 0 Å². The van der Waals surface area contributed by atoms with Crippen molar-refractivity contribution in [3.8, 4) is 0 Å². The first-order valence-corrected chi connectivity index (χ1v) is 6.30. The fourth-order valence-electron chi connectivity index (χ4n) is 1.75. The Hall–Kier alpha value is -1.77. The molecule has 1 aliphatic rings. The number of ether oxygens (including phenoxy) is 1. The molecule has 0 aliphatic carbocycles. The van der Waals surface area contributed by atoms with Crippen LogP contribution in [0.3, 0.4) is 0 Å². The van der Waals surface area contributed by atoms with Crippen LogP contribution >= 0.6 is 0 Å². The number of likely N-dealkylation sites (tertiary alicyclic amines) is 1. The third-order valence-electron chi connectivity index (χ3n) is 2.80. The molecule has 0 atom stereocenters. The van der Waals surface area contributed by atoms with E-state index in [0.717, 1.165) is 31.5 Å². The van der Waals surface area contributed by atoms with Gasteiger partial charge in [-0.1, -0.05) is 43.5 Å². The highest BCUT2D eigenvalue weighted by Crippen LogP contribution is 2.10. The summed E-state index contributed by atoms with van der Waals surface area (Å²) in [5.41, 5.74) is 0.874. The molecule has 1 amide bonds. The van der Waals surface area contributed by atoms with Crippen LogP contribution in [-0.4, -0.2) is 30.7 Å². The Bertz CT molecular complexity index is 350. The quantitative estimate of drug-likeness (QED) is 0.696. The molecule has 98 valence electrons. The summed E-state index contributed by atoms with van der Waals surface area (Å²) in [5.74, 6) is 0. The van der Waals surface area contributed by atoms with Crippen LogP contribution < -0.4 is 0 Å². The van der Waals surface area contributed by atoms with Gasteiger partial charge in [-0.2, -0.15) is 0 Å². The summed E-state index contributed by atoms with van der Waals surface area (Å²) in [7, 11) is 0. The van der Waals surface area contributed by atoms with E-state index in [4.69, 9.17) is 4.74 Å². The van der Waals surface area contributed by atoms with Gasteiger partial charge < -0.3 is 9.64 Å². The number of allylic oxidation sites excluding steroid dienone is 4. The van der Waals surface area contributed by atoms with Crippen molar-refractivity contribution in [1.82, 2.24) is 4.90 Å². The molecule has 0 saturated carbocycles. The van der Waals surface area contributed by atoms with Crippen molar-refractivity contribution in [2.75, 3.05) is 19.7 Å². The topological polar surface area (TPSA) is 29.5 Å². The SMILES string of the molecule is C=C/C=C\C=C(/C=C)COC(=O)N1CCCCC1. The molecule has 0 aromatic heterocycles. The van der Waals surface area contributed by atoms with Gasteiger partial charge in [-0.3, -0.25) is 0 Å². The Morgan fingerprint density at radius 3 is 2.50 bits per heavy atom. The fraction of sp³-hybridized carbons (Fsp3) is 0.400. The molecular formula is C15H21NO2. The van der Waals surface area contributed by atoms with E-state index < -0.39 is 0 Å². The van der Waals surface area contributed by atoms with Crippen LogP contribution in [0.4, 0.5) is 4.79 Å². The molecule has 0 unspecified atom stereocenters.